The molecule has 0 saturated carbocycles. The molecule has 0 aliphatic carbocycles. The minimum absolute atomic E-state index is 0.0207. The van der Waals surface area contributed by atoms with Crippen molar-refractivity contribution in [1.29, 1.82) is 0 Å². The molecule has 6 nitrogen and oxygen atoms in total. The molecule has 0 aromatic heterocycles. The number of sulfone groups is 1. The van der Waals surface area contributed by atoms with E-state index in [1.54, 1.807) is 32.0 Å². The van der Waals surface area contributed by atoms with E-state index in [2.05, 4.69) is 0 Å². The van der Waals surface area contributed by atoms with Gasteiger partial charge in [0.1, 0.15) is 5.92 Å². The fourth-order valence-electron chi connectivity index (χ4n) is 2.88. The summed E-state index contributed by atoms with van der Waals surface area (Å²) < 4.78 is 23.6. The molecule has 1 heterocycles. The van der Waals surface area contributed by atoms with E-state index in [9.17, 15) is 18.0 Å². The van der Waals surface area contributed by atoms with Crippen LogP contribution in [0.25, 0.3) is 0 Å². The van der Waals surface area contributed by atoms with Gasteiger partial charge < -0.3 is 9.80 Å². The van der Waals surface area contributed by atoms with Gasteiger partial charge >= 0.3 is 0 Å². The maximum Gasteiger partial charge on any atom is 0.239 e. The summed E-state index contributed by atoms with van der Waals surface area (Å²) in [5.74, 6) is -1.60. The zero-order valence-electron chi connectivity index (χ0n) is 14.9. The molecule has 1 aliphatic rings. The quantitative estimate of drug-likeness (QED) is 0.662. The summed E-state index contributed by atoms with van der Waals surface area (Å²) in [6.45, 7) is 3.63. The van der Waals surface area contributed by atoms with Crippen molar-refractivity contribution in [3.8, 4) is 0 Å². The largest absolute Gasteiger partial charge is 0.341 e. The number of carbonyl (C=O) groups is 2. The second kappa shape index (κ2) is 8.15. The maximum absolute atomic E-state index is 12.7. The van der Waals surface area contributed by atoms with Crippen molar-refractivity contribution in [3.05, 3.63) is 28.2 Å². The molecule has 1 aromatic rings. The van der Waals surface area contributed by atoms with Gasteiger partial charge in [-0.15, -0.1) is 0 Å². The average Bonchev–Trinajstić information content (AvgIpc) is 2.97. The molecule has 0 spiro atoms. The Labute approximate surface area is 164 Å². The number of rotatable bonds is 6. The number of hydrogen-bond donors (Lipinski definition) is 0. The highest BCUT2D eigenvalue weighted by Gasteiger charge is 2.40. The normalized spacial score (nSPS) is 18.9. The van der Waals surface area contributed by atoms with E-state index in [0.717, 1.165) is 0 Å². The van der Waals surface area contributed by atoms with Crippen LogP contribution in [0.5, 0.6) is 0 Å². The highest BCUT2D eigenvalue weighted by molar-refractivity contribution is 7.91. The van der Waals surface area contributed by atoms with Gasteiger partial charge in [0.2, 0.25) is 11.8 Å². The van der Waals surface area contributed by atoms with Crippen LogP contribution >= 0.6 is 23.2 Å². The third kappa shape index (κ3) is 4.50. The number of halogens is 2. The summed E-state index contributed by atoms with van der Waals surface area (Å²) >= 11 is 11.9. The van der Waals surface area contributed by atoms with Gasteiger partial charge in [-0.1, -0.05) is 30.1 Å². The van der Waals surface area contributed by atoms with Crippen LogP contribution in [-0.4, -0.2) is 56.3 Å². The van der Waals surface area contributed by atoms with Crippen LogP contribution in [0.2, 0.25) is 10.0 Å². The molecule has 0 N–H and O–H groups in total. The molecule has 1 saturated heterocycles. The summed E-state index contributed by atoms with van der Waals surface area (Å²) in [6.07, 6.45) is 0.371. The highest BCUT2D eigenvalue weighted by atomic mass is 35.5. The zero-order valence-corrected chi connectivity index (χ0v) is 17.2. The monoisotopic (exact) mass is 420 g/mol. The van der Waals surface area contributed by atoms with Crippen LogP contribution in [0.15, 0.2) is 18.2 Å². The van der Waals surface area contributed by atoms with Crippen LogP contribution in [0.3, 0.4) is 0 Å². The second-order valence-electron chi connectivity index (χ2n) is 6.43. The summed E-state index contributed by atoms with van der Waals surface area (Å²) in [7, 11) is -1.68. The first-order chi connectivity index (χ1) is 12.1. The van der Waals surface area contributed by atoms with Gasteiger partial charge in [-0.2, -0.15) is 0 Å². The molecule has 26 heavy (non-hydrogen) atoms. The van der Waals surface area contributed by atoms with Gasteiger partial charge in [0.15, 0.2) is 9.84 Å². The number of benzene rings is 1. The smallest absolute Gasteiger partial charge is 0.239 e. The number of carbonyl (C=O) groups excluding carboxylic acids is 2. The van der Waals surface area contributed by atoms with Gasteiger partial charge in [-0.3, -0.25) is 9.59 Å². The predicted molar refractivity (Wildman–Crippen MR) is 103 cm³/mol. The Morgan fingerprint density at radius 3 is 2.58 bits per heavy atom. The van der Waals surface area contributed by atoms with Crippen LogP contribution in [0.4, 0.5) is 5.69 Å². The van der Waals surface area contributed by atoms with Gasteiger partial charge in [0.25, 0.3) is 0 Å². The number of hydrogen-bond acceptors (Lipinski definition) is 4. The molecule has 2 atom stereocenters. The van der Waals surface area contributed by atoms with E-state index in [1.807, 2.05) is 0 Å². The van der Waals surface area contributed by atoms with Gasteiger partial charge in [-0.05, 0) is 31.5 Å². The fourth-order valence-corrected chi connectivity index (χ4v) is 4.37. The molecule has 144 valence electrons. The molecule has 2 rings (SSSR count). The van der Waals surface area contributed by atoms with E-state index >= 15 is 0 Å². The average molecular weight is 421 g/mol. The second-order valence-corrected chi connectivity index (χ2v) is 9.64. The summed E-state index contributed by atoms with van der Waals surface area (Å²) in [5, 5.41) is 0.725. The third-order valence-corrected chi connectivity index (χ3v) is 7.27. The number of anilines is 1. The standard InChI is InChI=1S/C17H22Cl2N2O4S/c1-4-26(24,25)10-11(2)20(3)16(22)13-7-8-21(17(13)23)12-5-6-14(18)15(19)9-12/h5-6,9,11,13H,4,7-8,10H2,1-3H3. The minimum atomic E-state index is -3.21. The summed E-state index contributed by atoms with van der Waals surface area (Å²) in [5.41, 5.74) is 0.587. The lowest BCUT2D eigenvalue weighted by atomic mass is 10.1. The summed E-state index contributed by atoms with van der Waals surface area (Å²) in [4.78, 5) is 28.3. The Morgan fingerprint density at radius 1 is 1.35 bits per heavy atom. The van der Waals surface area contributed by atoms with Gasteiger partial charge in [-0.25, -0.2) is 8.42 Å². The predicted octanol–water partition coefficient (Wildman–Crippen LogP) is 2.63. The molecule has 2 unspecified atom stereocenters. The molecular weight excluding hydrogens is 399 g/mol. The lowest BCUT2D eigenvalue weighted by molar-refractivity contribution is -0.139. The van der Waals surface area contributed by atoms with E-state index in [-0.39, 0.29) is 23.3 Å². The minimum Gasteiger partial charge on any atom is -0.341 e. The van der Waals surface area contributed by atoms with Crippen molar-refractivity contribution in [3.63, 3.8) is 0 Å². The van der Waals surface area contributed by atoms with Crippen LogP contribution in [0.1, 0.15) is 20.3 Å². The Balaban J connectivity index is 2.11. The first kappa shape index (κ1) is 21.0. The molecule has 2 amide bonds. The molecular formula is C17H22Cl2N2O4S. The van der Waals surface area contributed by atoms with Crippen LogP contribution < -0.4 is 4.90 Å². The highest BCUT2D eigenvalue weighted by Crippen LogP contribution is 2.31. The SMILES string of the molecule is CCS(=O)(=O)CC(C)N(C)C(=O)C1CCN(c2ccc(Cl)c(Cl)c2)C1=O. The molecule has 0 bridgehead atoms. The van der Waals surface area contributed by atoms with Crippen molar-refractivity contribution < 1.29 is 18.0 Å². The van der Waals surface area contributed by atoms with E-state index in [4.69, 9.17) is 23.2 Å². The van der Waals surface area contributed by atoms with E-state index in [0.29, 0.717) is 28.7 Å². The first-order valence-electron chi connectivity index (χ1n) is 8.31. The van der Waals surface area contributed by atoms with Gasteiger partial charge in [0, 0.05) is 31.1 Å². The van der Waals surface area contributed by atoms with Crippen molar-refractivity contribution in [2.24, 2.45) is 5.92 Å². The van der Waals surface area contributed by atoms with E-state index < -0.39 is 21.8 Å². The molecule has 9 heteroatoms. The Kier molecular flexibility index (Phi) is 6.58. The molecule has 1 aromatic carbocycles. The van der Waals surface area contributed by atoms with Crippen LogP contribution in [-0.2, 0) is 19.4 Å². The summed E-state index contributed by atoms with van der Waals surface area (Å²) in [6, 6.07) is 4.37. The molecule has 1 fully saturated rings. The Hall–Kier alpha value is -1.31. The van der Waals surface area contributed by atoms with Crippen LogP contribution in [0, 0.1) is 5.92 Å². The Morgan fingerprint density at radius 2 is 2.00 bits per heavy atom. The Bertz CT molecular complexity index is 813. The van der Waals surface area contributed by atoms with Crippen molar-refractivity contribution in [1.82, 2.24) is 4.90 Å². The third-order valence-electron chi connectivity index (χ3n) is 4.66. The maximum atomic E-state index is 12.7. The fraction of sp³-hybridized carbons (Fsp3) is 0.529. The topological polar surface area (TPSA) is 74.8 Å². The molecule has 1 aliphatic heterocycles. The lowest BCUT2D eigenvalue weighted by Gasteiger charge is -2.27. The first-order valence-corrected chi connectivity index (χ1v) is 10.9. The lowest BCUT2D eigenvalue weighted by Crippen LogP contribution is -2.44. The van der Waals surface area contributed by atoms with Crippen molar-refractivity contribution >= 4 is 50.5 Å². The van der Waals surface area contributed by atoms with Crippen molar-refractivity contribution in [2.45, 2.75) is 26.3 Å². The number of nitrogens with zero attached hydrogens (tertiary/aromatic N) is 2. The molecule has 0 radical (unpaired) electrons. The number of amides is 2. The zero-order chi connectivity index (χ0) is 19.6. The van der Waals surface area contributed by atoms with Gasteiger partial charge in [0.05, 0.1) is 15.8 Å². The van der Waals surface area contributed by atoms with E-state index in [1.165, 1.54) is 16.8 Å². The van der Waals surface area contributed by atoms with Crippen molar-refractivity contribution in [2.75, 3.05) is 30.0 Å².